The van der Waals surface area contributed by atoms with E-state index in [1.807, 2.05) is 42.3 Å². The Morgan fingerprint density at radius 1 is 1.15 bits per heavy atom. The zero-order chi connectivity index (χ0) is 23.4. The van der Waals surface area contributed by atoms with Crippen molar-refractivity contribution in [1.82, 2.24) is 25.0 Å². The maximum Gasteiger partial charge on any atom is 0.290 e. The zero-order valence-corrected chi connectivity index (χ0v) is 18.5. The van der Waals surface area contributed by atoms with Crippen LogP contribution in [0.3, 0.4) is 0 Å². The molecule has 2 aliphatic rings. The fourth-order valence-corrected chi connectivity index (χ4v) is 4.13. The quantitative estimate of drug-likeness (QED) is 0.577. The van der Waals surface area contributed by atoms with Crippen molar-refractivity contribution in [2.75, 3.05) is 13.1 Å². The predicted molar refractivity (Wildman–Crippen MR) is 122 cm³/mol. The summed E-state index contributed by atoms with van der Waals surface area (Å²) < 4.78 is 1.74. The van der Waals surface area contributed by atoms with Crippen molar-refractivity contribution in [3.8, 4) is 0 Å². The Morgan fingerprint density at radius 2 is 1.88 bits per heavy atom. The van der Waals surface area contributed by atoms with E-state index in [1.165, 1.54) is 5.56 Å². The zero-order valence-electron chi connectivity index (χ0n) is 18.5. The summed E-state index contributed by atoms with van der Waals surface area (Å²) in [6.07, 6.45) is 7.42. The van der Waals surface area contributed by atoms with Crippen LogP contribution in [0.1, 0.15) is 45.5 Å². The number of hydrogen-bond donors (Lipinski definition) is 2. The van der Waals surface area contributed by atoms with Gasteiger partial charge in [0.15, 0.2) is 0 Å². The molecule has 33 heavy (non-hydrogen) atoms. The lowest BCUT2D eigenvalue weighted by Crippen LogP contribution is -2.29. The molecule has 9 heteroatoms. The molecule has 3 aromatic rings. The molecular formula is C24H27N5O4. The maximum absolute atomic E-state index is 12.9. The second-order valence-corrected chi connectivity index (χ2v) is 8.56. The lowest BCUT2D eigenvalue weighted by molar-refractivity contribution is -0.122. The number of carbonyl (C=O) groups is 3. The summed E-state index contributed by atoms with van der Waals surface area (Å²) in [5, 5.41) is 14.1. The van der Waals surface area contributed by atoms with E-state index < -0.39 is 0 Å². The van der Waals surface area contributed by atoms with E-state index in [0.717, 1.165) is 49.8 Å². The van der Waals surface area contributed by atoms with Crippen molar-refractivity contribution < 1.29 is 19.5 Å². The molecule has 3 heterocycles. The van der Waals surface area contributed by atoms with Crippen LogP contribution in [-0.2, 0) is 18.3 Å². The van der Waals surface area contributed by atoms with Crippen molar-refractivity contribution in [2.45, 2.75) is 31.7 Å². The standard InChI is InChI=1S/C23H25N5O2.CH2O2/c1-27-21-11-18(12-24-20(21)13-25-27)23(30)28-9-8-16(14-28)10-15-2-4-17(5-3-15)22(29)26-19-6-7-19;2-1-3/h2-5,11-13,16,19H,6-10,14H2,1H3,(H,26,29);1H,(H,2,3). The van der Waals surface area contributed by atoms with E-state index in [-0.39, 0.29) is 18.3 Å². The smallest absolute Gasteiger partial charge is 0.290 e. The van der Waals surface area contributed by atoms with Crippen molar-refractivity contribution in [3.05, 3.63) is 59.4 Å². The summed E-state index contributed by atoms with van der Waals surface area (Å²) in [6.45, 7) is 1.25. The summed E-state index contributed by atoms with van der Waals surface area (Å²) in [5.41, 5.74) is 4.19. The third-order valence-electron chi connectivity index (χ3n) is 6.07. The van der Waals surface area contributed by atoms with E-state index >= 15 is 0 Å². The Kier molecular flexibility index (Phi) is 6.67. The summed E-state index contributed by atoms with van der Waals surface area (Å²) in [6, 6.07) is 10.1. The SMILES string of the molecule is Cn1ncc2ncc(C(=O)N3CCC(Cc4ccc(C(=O)NC5CC5)cc4)C3)cc21.O=CO. The van der Waals surface area contributed by atoms with Crippen LogP contribution in [0.2, 0.25) is 0 Å². The summed E-state index contributed by atoms with van der Waals surface area (Å²) >= 11 is 0. The number of aromatic nitrogens is 3. The molecule has 0 radical (unpaired) electrons. The number of fused-ring (bicyclic) bond motifs is 1. The summed E-state index contributed by atoms with van der Waals surface area (Å²) in [7, 11) is 1.85. The number of amides is 2. The van der Waals surface area contributed by atoms with Gasteiger partial charge in [0.1, 0.15) is 5.52 Å². The lowest BCUT2D eigenvalue weighted by Gasteiger charge is -2.17. The van der Waals surface area contributed by atoms with E-state index in [2.05, 4.69) is 15.4 Å². The van der Waals surface area contributed by atoms with Crippen LogP contribution in [0.4, 0.5) is 0 Å². The monoisotopic (exact) mass is 449 g/mol. The lowest BCUT2D eigenvalue weighted by atomic mass is 9.98. The normalized spacial score (nSPS) is 17.4. The molecule has 2 amide bonds. The summed E-state index contributed by atoms with van der Waals surface area (Å²) in [5.74, 6) is 0.467. The molecule has 1 unspecified atom stereocenters. The second-order valence-electron chi connectivity index (χ2n) is 8.56. The van der Waals surface area contributed by atoms with Gasteiger partial charge in [-0.2, -0.15) is 5.10 Å². The van der Waals surface area contributed by atoms with Gasteiger partial charge in [0.25, 0.3) is 18.3 Å². The van der Waals surface area contributed by atoms with Crippen molar-refractivity contribution in [2.24, 2.45) is 13.0 Å². The van der Waals surface area contributed by atoms with E-state index in [4.69, 9.17) is 9.90 Å². The third kappa shape index (κ3) is 5.36. The topological polar surface area (TPSA) is 117 Å². The van der Waals surface area contributed by atoms with Crippen LogP contribution < -0.4 is 5.32 Å². The highest BCUT2D eigenvalue weighted by Crippen LogP contribution is 2.24. The van der Waals surface area contributed by atoms with Gasteiger partial charge in [0.2, 0.25) is 0 Å². The van der Waals surface area contributed by atoms with Gasteiger partial charge in [0.05, 0.1) is 17.3 Å². The number of nitrogens with one attached hydrogen (secondary N) is 1. The van der Waals surface area contributed by atoms with Crippen LogP contribution >= 0.6 is 0 Å². The molecule has 0 bridgehead atoms. The van der Waals surface area contributed by atoms with Gasteiger partial charge in [-0.15, -0.1) is 0 Å². The number of hydrogen-bond acceptors (Lipinski definition) is 5. The molecule has 1 atom stereocenters. The molecule has 0 spiro atoms. The van der Waals surface area contributed by atoms with Crippen LogP contribution in [0, 0.1) is 5.92 Å². The molecule has 2 aromatic heterocycles. The molecule has 5 rings (SSSR count). The highest BCUT2D eigenvalue weighted by Gasteiger charge is 2.28. The molecule has 172 valence electrons. The molecule has 2 fully saturated rings. The Morgan fingerprint density at radius 3 is 2.58 bits per heavy atom. The highest BCUT2D eigenvalue weighted by atomic mass is 16.3. The molecule has 1 aliphatic carbocycles. The fraction of sp³-hybridized carbons (Fsp3) is 0.375. The van der Waals surface area contributed by atoms with Gasteiger partial charge in [-0.1, -0.05) is 12.1 Å². The molecule has 9 nitrogen and oxygen atoms in total. The minimum Gasteiger partial charge on any atom is -0.483 e. The van der Waals surface area contributed by atoms with E-state index in [1.54, 1.807) is 17.1 Å². The largest absolute Gasteiger partial charge is 0.483 e. The van der Waals surface area contributed by atoms with Gasteiger partial charge in [-0.05, 0) is 55.4 Å². The molecule has 1 saturated heterocycles. The van der Waals surface area contributed by atoms with Gasteiger partial charge < -0.3 is 15.3 Å². The average Bonchev–Trinajstić information content (AvgIpc) is 3.38. The number of rotatable bonds is 5. The van der Waals surface area contributed by atoms with E-state index in [0.29, 0.717) is 23.1 Å². The molecule has 1 aliphatic heterocycles. The number of pyridine rings is 1. The number of benzene rings is 1. The average molecular weight is 450 g/mol. The molecule has 2 N–H and O–H groups in total. The van der Waals surface area contributed by atoms with Crippen LogP contribution in [0.25, 0.3) is 11.0 Å². The number of carboxylic acid groups (broad SMARTS) is 1. The van der Waals surface area contributed by atoms with Crippen LogP contribution in [-0.4, -0.2) is 62.2 Å². The highest BCUT2D eigenvalue weighted by molar-refractivity contribution is 5.97. The Labute approximate surface area is 191 Å². The molecule has 1 saturated carbocycles. The first kappa shape index (κ1) is 22.4. The Hall–Kier alpha value is -3.75. The molecule has 1 aromatic carbocycles. The second kappa shape index (κ2) is 9.81. The Balaban J connectivity index is 0.000000821. The van der Waals surface area contributed by atoms with Crippen molar-refractivity contribution >= 4 is 29.3 Å². The van der Waals surface area contributed by atoms with Gasteiger partial charge >= 0.3 is 0 Å². The minimum atomic E-state index is -0.250. The van der Waals surface area contributed by atoms with Crippen molar-refractivity contribution in [1.29, 1.82) is 0 Å². The number of nitrogens with zero attached hydrogens (tertiary/aromatic N) is 4. The Bertz CT molecular complexity index is 1150. The van der Waals surface area contributed by atoms with Gasteiger partial charge in [-0.3, -0.25) is 24.0 Å². The first-order chi connectivity index (χ1) is 16.0. The van der Waals surface area contributed by atoms with Crippen LogP contribution in [0.5, 0.6) is 0 Å². The van der Waals surface area contributed by atoms with Crippen LogP contribution in [0.15, 0.2) is 42.7 Å². The van der Waals surface area contributed by atoms with Gasteiger partial charge in [0, 0.05) is 37.9 Å². The first-order valence-corrected chi connectivity index (χ1v) is 11.0. The van der Waals surface area contributed by atoms with Gasteiger partial charge in [-0.25, -0.2) is 0 Å². The predicted octanol–water partition coefficient (Wildman–Crippen LogP) is 2.27. The first-order valence-electron chi connectivity index (χ1n) is 11.0. The fourth-order valence-electron chi connectivity index (χ4n) is 4.13. The third-order valence-corrected chi connectivity index (χ3v) is 6.07. The number of likely N-dealkylation sites (tertiary alicyclic amines) is 1. The van der Waals surface area contributed by atoms with E-state index in [9.17, 15) is 9.59 Å². The number of carbonyl (C=O) groups excluding carboxylic acids is 2. The summed E-state index contributed by atoms with van der Waals surface area (Å²) in [4.78, 5) is 39.7. The molecular weight excluding hydrogens is 422 g/mol. The minimum absolute atomic E-state index is 0.0145. The maximum atomic E-state index is 12.9. The number of aryl methyl sites for hydroxylation is 1. The van der Waals surface area contributed by atoms with Crippen molar-refractivity contribution in [3.63, 3.8) is 0 Å².